The van der Waals surface area contributed by atoms with Crippen molar-refractivity contribution >= 4 is 53.5 Å². The van der Waals surface area contributed by atoms with Crippen LogP contribution in [0.1, 0.15) is 0 Å². The number of benzene rings is 2. The van der Waals surface area contributed by atoms with E-state index in [2.05, 4.69) is 0 Å². The third-order valence-electron chi connectivity index (χ3n) is 5.51. The number of halogens is 10. The van der Waals surface area contributed by atoms with Crippen LogP contribution in [-0.4, -0.2) is 13.3 Å². The Morgan fingerprint density at radius 1 is 0.424 bits per heavy atom. The van der Waals surface area contributed by atoms with Crippen molar-refractivity contribution in [3.63, 3.8) is 0 Å². The van der Waals surface area contributed by atoms with E-state index in [9.17, 15) is 26.3 Å². The summed E-state index contributed by atoms with van der Waals surface area (Å²) in [7, 11) is 0. The molecule has 0 aliphatic carbocycles. The molecule has 0 N–H and O–H groups in total. The van der Waals surface area contributed by atoms with E-state index in [1.54, 1.807) is 0 Å². The molecule has 3 heterocycles. The second kappa shape index (κ2) is 7.34. The van der Waals surface area contributed by atoms with Gasteiger partial charge in [0.05, 0.1) is 0 Å². The fourth-order valence-corrected chi connectivity index (χ4v) is 19.7. The molecule has 0 amide bonds. The van der Waals surface area contributed by atoms with Gasteiger partial charge in [0.1, 0.15) is 0 Å². The van der Waals surface area contributed by atoms with Gasteiger partial charge in [-0.05, 0) is 0 Å². The van der Waals surface area contributed by atoms with Crippen LogP contribution in [0.5, 0.6) is 0 Å². The van der Waals surface area contributed by atoms with Gasteiger partial charge in [-0.2, -0.15) is 0 Å². The Kier molecular flexibility index (Phi) is 5.00. The fraction of sp³-hybridized carbons (Fsp3) is 0. The zero-order valence-electron chi connectivity index (χ0n) is 15.4. The second-order valence-electron chi connectivity index (χ2n) is 6.97. The maximum absolute atomic E-state index is 15.2. The van der Waals surface area contributed by atoms with Gasteiger partial charge in [0, 0.05) is 0 Å². The first-order valence-corrected chi connectivity index (χ1v) is 14.7. The molecule has 0 saturated heterocycles. The van der Waals surface area contributed by atoms with E-state index in [4.69, 9.17) is 0 Å². The zero-order valence-corrected chi connectivity index (χ0v) is 19.1. The first-order chi connectivity index (χ1) is 15.6. The Bertz CT molecular complexity index is 1320. The van der Waals surface area contributed by atoms with Crippen LogP contribution in [-0.2, 0) is 0 Å². The van der Waals surface area contributed by atoms with Crippen molar-refractivity contribution in [2.75, 3.05) is 0 Å². The number of rotatable bonds is 2. The van der Waals surface area contributed by atoms with Gasteiger partial charge in [0.25, 0.3) is 0 Å². The number of hydrogen-bond donors (Lipinski definition) is 0. The fourth-order valence-electron chi connectivity index (χ4n) is 4.24. The average molecular weight is 571 g/mol. The van der Waals surface area contributed by atoms with Crippen LogP contribution < -0.4 is 17.6 Å². The average Bonchev–Trinajstić information content (AvgIpc) is 3.51. The van der Waals surface area contributed by atoms with E-state index >= 15 is 17.6 Å². The summed E-state index contributed by atoms with van der Waals surface area (Å²) in [5.74, 6) is -24.1. The Morgan fingerprint density at radius 3 is 1.00 bits per heavy atom. The Morgan fingerprint density at radius 2 is 0.697 bits per heavy atom. The molecule has 1 aliphatic heterocycles. The van der Waals surface area contributed by atoms with Gasteiger partial charge in [-0.25, -0.2) is 0 Å². The van der Waals surface area contributed by atoms with E-state index in [-0.39, 0.29) is 18.5 Å². The molecule has 170 valence electrons. The number of fused-ring (bicyclic) bond motifs is 3. The Labute approximate surface area is 188 Å². The van der Waals surface area contributed by atoms with Crippen molar-refractivity contribution in [2.24, 2.45) is 0 Å². The summed E-state index contributed by atoms with van der Waals surface area (Å²) in [6.45, 7) is 0. The van der Waals surface area contributed by atoms with Crippen LogP contribution >= 0.6 is 22.7 Å². The summed E-state index contributed by atoms with van der Waals surface area (Å²) in [6, 6.07) is 2.31. The predicted octanol–water partition coefficient (Wildman–Crippen LogP) is 4.56. The van der Waals surface area contributed by atoms with Crippen LogP contribution in [0.4, 0.5) is 43.9 Å². The molecule has 13 heteroatoms. The van der Waals surface area contributed by atoms with Gasteiger partial charge < -0.3 is 0 Å². The van der Waals surface area contributed by atoms with Crippen LogP contribution in [0.15, 0.2) is 22.9 Å². The summed E-state index contributed by atoms with van der Waals surface area (Å²) >= 11 is -4.12. The first-order valence-electron chi connectivity index (χ1n) is 8.76. The molecule has 0 radical (unpaired) electrons. The molecule has 4 aromatic rings. The molecule has 5 rings (SSSR count). The second-order valence-corrected chi connectivity index (χ2v) is 16.3. The minimum atomic E-state index is -6.01. The van der Waals surface area contributed by atoms with E-state index in [1.165, 1.54) is 10.8 Å². The molecule has 0 bridgehead atoms. The topological polar surface area (TPSA) is 0 Å². The molecule has 33 heavy (non-hydrogen) atoms. The molecule has 0 unspecified atom stereocenters. The summed E-state index contributed by atoms with van der Waals surface area (Å²) in [5, 5.41) is 2.68. The molecular weight excluding hydrogens is 567 g/mol. The van der Waals surface area contributed by atoms with Crippen LogP contribution in [0.25, 0.3) is 9.75 Å². The Hall–Kier alpha value is -2.32. The molecule has 0 saturated carbocycles. The number of thiophene rings is 2. The maximum atomic E-state index is 15.2. The van der Waals surface area contributed by atoms with Crippen molar-refractivity contribution in [3.8, 4) is 9.75 Å². The number of hydrogen-bond acceptors (Lipinski definition) is 2. The normalized spacial score (nSPS) is 14.0. The molecule has 0 atom stereocenters. The van der Waals surface area contributed by atoms with E-state index in [1.807, 2.05) is 0 Å². The van der Waals surface area contributed by atoms with Crippen LogP contribution in [0.2, 0.25) is 0 Å². The molecule has 2 aromatic carbocycles. The molecule has 0 spiro atoms. The monoisotopic (exact) mass is 572 g/mol. The van der Waals surface area contributed by atoms with E-state index in [0.717, 1.165) is 34.8 Å². The van der Waals surface area contributed by atoms with Gasteiger partial charge in [-0.15, -0.1) is 0 Å². The van der Waals surface area contributed by atoms with Gasteiger partial charge >= 0.3 is 188 Å². The third kappa shape index (κ3) is 2.59. The summed E-state index contributed by atoms with van der Waals surface area (Å²) in [4.78, 5) is 0.403. The van der Waals surface area contributed by atoms with Gasteiger partial charge in [0.2, 0.25) is 0 Å². The quantitative estimate of drug-likeness (QED) is 0.126. The Balaban J connectivity index is 2.11. The standard InChI is InChI=1S/C20H4F10GeS2/c21-7-9(23)13(27)17(14(28)10(7)24)31(18-15(29)11(25)8(22)12(26)16(18)30)5-1-3-32-19(5)20-6(31)2-4-33-20/h1-4H. The van der Waals surface area contributed by atoms with E-state index < -0.39 is 80.2 Å². The van der Waals surface area contributed by atoms with Gasteiger partial charge in [0.15, 0.2) is 0 Å². The molecule has 0 nitrogen and oxygen atoms in total. The molecule has 2 aromatic heterocycles. The summed E-state index contributed by atoms with van der Waals surface area (Å²) in [6.07, 6.45) is 0. The zero-order chi connectivity index (χ0) is 24.0. The van der Waals surface area contributed by atoms with Crippen LogP contribution in [0.3, 0.4) is 0 Å². The minimum absolute atomic E-state index is 0.201. The summed E-state index contributed by atoms with van der Waals surface area (Å²) < 4.78 is 142. The van der Waals surface area contributed by atoms with Gasteiger partial charge in [-0.1, -0.05) is 0 Å². The van der Waals surface area contributed by atoms with Crippen molar-refractivity contribution in [3.05, 3.63) is 81.1 Å². The van der Waals surface area contributed by atoms with Crippen molar-refractivity contribution in [1.82, 2.24) is 0 Å². The molecule has 1 aliphatic rings. The molecular formula is C20H4F10GeS2. The predicted molar refractivity (Wildman–Crippen MR) is 104 cm³/mol. The SMILES string of the molecule is Fc1c(F)c(F)[c]([Ge]2([c]3c(F)c(F)c(F)c(F)c3F)[c]3ccsc3-c3scc[c]32)c(F)c1F. The first kappa shape index (κ1) is 22.5. The van der Waals surface area contributed by atoms with Crippen molar-refractivity contribution in [1.29, 1.82) is 0 Å². The van der Waals surface area contributed by atoms with Crippen LogP contribution in [0, 0.1) is 58.2 Å². The van der Waals surface area contributed by atoms with Gasteiger partial charge in [-0.3, -0.25) is 0 Å². The van der Waals surface area contributed by atoms with E-state index in [0.29, 0.717) is 0 Å². The summed E-state index contributed by atoms with van der Waals surface area (Å²) in [5.41, 5.74) is 0. The third-order valence-corrected chi connectivity index (χ3v) is 18.4. The van der Waals surface area contributed by atoms with Crippen molar-refractivity contribution in [2.45, 2.75) is 0 Å². The molecule has 0 fully saturated rings. The van der Waals surface area contributed by atoms with Crippen molar-refractivity contribution < 1.29 is 43.9 Å².